The van der Waals surface area contributed by atoms with E-state index in [9.17, 15) is 10.1 Å². The number of nitrogens with zero attached hydrogens (tertiary/aromatic N) is 1. The van der Waals surface area contributed by atoms with Gasteiger partial charge in [-0.25, -0.2) is 0 Å². The number of hydrogen-bond acceptors (Lipinski definition) is 3. The number of rotatable bonds is 4. The third-order valence-corrected chi connectivity index (χ3v) is 4.22. The van der Waals surface area contributed by atoms with E-state index < -0.39 is 5.56 Å². The van der Waals surface area contributed by atoms with E-state index >= 15 is 0 Å². The van der Waals surface area contributed by atoms with Gasteiger partial charge in [-0.3, -0.25) is 4.79 Å². The molecule has 1 N–H and O–H groups in total. The second-order valence-corrected chi connectivity index (χ2v) is 6.54. The van der Waals surface area contributed by atoms with Gasteiger partial charge in [-0.15, -0.1) is 0 Å². The first-order valence-corrected chi connectivity index (χ1v) is 8.48. The molecule has 1 heterocycles. The van der Waals surface area contributed by atoms with Gasteiger partial charge in [-0.2, -0.15) is 5.26 Å². The monoisotopic (exact) mass is 364 g/mol. The van der Waals surface area contributed by atoms with Crippen LogP contribution in [0, 0.1) is 25.2 Å². The van der Waals surface area contributed by atoms with E-state index in [2.05, 4.69) is 4.98 Å². The Hall–Kier alpha value is -3.03. The number of hydrogen-bond donors (Lipinski definition) is 1. The van der Waals surface area contributed by atoms with Crippen LogP contribution < -0.4 is 10.3 Å². The number of benzene rings is 2. The van der Waals surface area contributed by atoms with E-state index in [1.807, 2.05) is 37.3 Å². The fourth-order valence-corrected chi connectivity index (χ4v) is 2.99. The Balaban J connectivity index is 2.05. The van der Waals surface area contributed by atoms with Crippen molar-refractivity contribution in [1.82, 2.24) is 4.98 Å². The maximum absolute atomic E-state index is 12.1. The molecule has 1 aromatic heterocycles. The third-order valence-electron chi connectivity index (χ3n) is 3.99. The molecule has 0 saturated heterocycles. The van der Waals surface area contributed by atoms with Crippen molar-refractivity contribution in [1.29, 1.82) is 5.26 Å². The van der Waals surface area contributed by atoms with Gasteiger partial charge in [-0.05, 0) is 43.7 Å². The number of aromatic amines is 1. The van der Waals surface area contributed by atoms with Crippen molar-refractivity contribution in [3.8, 4) is 22.9 Å². The predicted molar refractivity (Wildman–Crippen MR) is 102 cm³/mol. The van der Waals surface area contributed by atoms with Crippen LogP contribution >= 0.6 is 11.6 Å². The molecule has 26 heavy (non-hydrogen) atoms. The van der Waals surface area contributed by atoms with Crippen LogP contribution in [0.2, 0.25) is 5.02 Å². The Morgan fingerprint density at radius 2 is 1.92 bits per heavy atom. The van der Waals surface area contributed by atoms with Gasteiger partial charge in [-0.1, -0.05) is 41.4 Å². The summed E-state index contributed by atoms with van der Waals surface area (Å²) in [5.41, 5.74) is 3.60. The molecule has 4 nitrogen and oxygen atoms in total. The van der Waals surface area contributed by atoms with E-state index in [-0.39, 0.29) is 5.56 Å². The normalized spacial score (nSPS) is 10.4. The fourth-order valence-electron chi connectivity index (χ4n) is 2.81. The zero-order chi connectivity index (χ0) is 18.7. The van der Waals surface area contributed by atoms with Gasteiger partial charge in [0.2, 0.25) is 0 Å². The Labute approximate surface area is 156 Å². The molecule has 0 saturated carbocycles. The molecule has 2 aromatic carbocycles. The molecule has 0 spiro atoms. The molecule has 0 unspecified atom stereocenters. The molecule has 0 fully saturated rings. The van der Waals surface area contributed by atoms with E-state index in [4.69, 9.17) is 16.3 Å². The first-order chi connectivity index (χ1) is 12.5. The highest BCUT2D eigenvalue weighted by Crippen LogP contribution is 2.34. The Bertz CT molecular complexity index is 1060. The molecular weight excluding hydrogens is 348 g/mol. The predicted octanol–water partition coefficient (Wildman–Crippen LogP) is 4.76. The molecule has 0 aliphatic rings. The lowest BCUT2D eigenvalue weighted by Gasteiger charge is -2.14. The summed E-state index contributed by atoms with van der Waals surface area (Å²) >= 11 is 6.16. The summed E-state index contributed by atoms with van der Waals surface area (Å²) in [4.78, 5) is 14.8. The molecule has 0 atom stereocenters. The summed E-state index contributed by atoms with van der Waals surface area (Å²) in [6, 6.07) is 17.0. The third kappa shape index (κ3) is 3.79. The van der Waals surface area contributed by atoms with Crippen LogP contribution in [0.5, 0.6) is 5.75 Å². The van der Waals surface area contributed by atoms with Crippen LogP contribution in [0.25, 0.3) is 11.1 Å². The number of ether oxygens (including phenoxy) is 1. The van der Waals surface area contributed by atoms with Gasteiger partial charge in [0.25, 0.3) is 5.56 Å². The molecule has 3 aromatic rings. The lowest BCUT2D eigenvalue weighted by molar-refractivity contribution is 0.307. The van der Waals surface area contributed by atoms with E-state index in [1.54, 1.807) is 31.2 Å². The van der Waals surface area contributed by atoms with Crippen LogP contribution in [0.3, 0.4) is 0 Å². The van der Waals surface area contributed by atoms with Crippen molar-refractivity contribution in [2.24, 2.45) is 0 Å². The molecule has 130 valence electrons. The molecule has 0 radical (unpaired) electrons. The molecular formula is C21H17ClN2O2. The van der Waals surface area contributed by atoms with Gasteiger partial charge in [0.05, 0.1) is 0 Å². The molecule has 3 rings (SSSR count). The quantitative estimate of drug-likeness (QED) is 0.725. The van der Waals surface area contributed by atoms with Crippen LogP contribution in [-0.2, 0) is 6.61 Å². The summed E-state index contributed by atoms with van der Waals surface area (Å²) in [7, 11) is 0. The molecule has 0 aliphatic carbocycles. The molecule has 0 bridgehead atoms. The highest BCUT2D eigenvalue weighted by atomic mass is 35.5. The smallest absolute Gasteiger partial charge is 0.266 e. The number of pyridine rings is 1. The van der Waals surface area contributed by atoms with Crippen molar-refractivity contribution in [3.63, 3.8) is 0 Å². The van der Waals surface area contributed by atoms with Gasteiger partial charge in [0.1, 0.15) is 24.0 Å². The highest BCUT2D eigenvalue weighted by molar-refractivity contribution is 6.31. The number of nitriles is 1. The summed E-state index contributed by atoms with van der Waals surface area (Å²) in [6.45, 7) is 4.17. The summed E-state index contributed by atoms with van der Waals surface area (Å²) in [5.74, 6) is 0.567. The van der Waals surface area contributed by atoms with Gasteiger partial charge in [0, 0.05) is 21.8 Å². The average Bonchev–Trinajstić information content (AvgIpc) is 2.60. The fraction of sp³-hybridized carbons (Fsp3) is 0.143. The lowest BCUT2D eigenvalue weighted by Crippen LogP contribution is -2.13. The van der Waals surface area contributed by atoms with Crippen molar-refractivity contribution < 1.29 is 4.74 Å². The molecule has 0 aliphatic heterocycles. The Morgan fingerprint density at radius 1 is 1.12 bits per heavy atom. The summed E-state index contributed by atoms with van der Waals surface area (Å²) in [5, 5.41) is 9.91. The zero-order valence-electron chi connectivity index (χ0n) is 14.5. The van der Waals surface area contributed by atoms with E-state index in [0.717, 1.165) is 11.1 Å². The van der Waals surface area contributed by atoms with Crippen molar-refractivity contribution in [3.05, 3.63) is 86.3 Å². The number of nitrogens with one attached hydrogen (secondary N) is 1. The minimum Gasteiger partial charge on any atom is -0.488 e. The summed E-state index contributed by atoms with van der Waals surface area (Å²) in [6.07, 6.45) is 0. The Morgan fingerprint density at radius 3 is 2.65 bits per heavy atom. The second kappa shape index (κ2) is 7.47. The topological polar surface area (TPSA) is 65.9 Å². The van der Waals surface area contributed by atoms with Crippen molar-refractivity contribution in [2.45, 2.75) is 20.5 Å². The molecule has 0 amide bonds. The first-order valence-electron chi connectivity index (χ1n) is 8.10. The minimum absolute atomic E-state index is 0.0401. The van der Waals surface area contributed by atoms with Gasteiger partial charge in [0.15, 0.2) is 0 Å². The number of halogens is 1. The SMILES string of the molecule is Cc1cccc(COc2ccc(Cl)cc2-c2cc(C)[nH]c(=O)c2C#N)c1. The van der Waals surface area contributed by atoms with Crippen molar-refractivity contribution in [2.75, 3.05) is 0 Å². The van der Waals surface area contributed by atoms with Crippen LogP contribution in [-0.4, -0.2) is 4.98 Å². The maximum atomic E-state index is 12.1. The highest BCUT2D eigenvalue weighted by Gasteiger charge is 2.15. The second-order valence-electron chi connectivity index (χ2n) is 6.10. The number of aryl methyl sites for hydroxylation is 2. The molecule has 5 heteroatoms. The standard InChI is InChI=1S/C21H17ClN2O2/c1-13-4-3-5-15(8-13)12-26-20-7-6-16(22)10-18(20)17-9-14(2)24-21(25)19(17)11-23/h3-10H,12H2,1-2H3,(H,24,25). The average molecular weight is 365 g/mol. The van der Waals surface area contributed by atoms with Crippen LogP contribution in [0.15, 0.2) is 53.3 Å². The minimum atomic E-state index is -0.424. The van der Waals surface area contributed by atoms with Crippen LogP contribution in [0.4, 0.5) is 0 Å². The summed E-state index contributed by atoms with van der Waals surface area (Å²) < 4.78 is 5.99. The van der Waals surface area contributed by atoms with E-state index in [0.29, 0.717) is 34.2 Å². The van der Waals surface area contributed by atoms with Gasteiger partial charge >= 0.3 is 0 Å². The van der Waals surface area contributed by atoms with Crippen LogP contribution in [0.1, 0.15) is 22.4 Å². The zero-order valence-corrected chi connectivity index (χ0v) is 15.2. The van der Waals surface area contributed by atoms with Crippen molar-refractivity contribution >= 4 is 11.6 Å². The maximum Gasteiger partial charge on any atom is 0.266 e. The largest absolute Gasteiger partial charge is 0.488 e. The first kappa shape index (κ1) is 17.8. The number of H-pyrrole nitrogens is 1. The van der Waals surface area contributed by atoms with Gasteiger partial charge < -0.3 is 9.72 Å². The number of aromatic nitrogens is 1. The van der Waals surface area contributed by atoms with E-state index in [1.165, 1.54) is 0 Å². The lowest BCUT2D eigenvalue weighted by atomic mass is 10.00. The Kier molecular flexibility index (Phi) is 5.11.